The van der Waals surface area contributed by atoms with Gasteiger partial charge in [0.05, 0.1) is 24.1 Å². The number of nitrogens with zero attached hydrogens (tertiary/aromatic N) is 3. The van der Waals surface area contributed by atoms with Gasteiger partial charge in [-0.2, -0.15) is 0 Å². The molecule has 3 heterocycles. The average Bonchev–Trinajstić information content (AvgIpc) is 2.74. The minimum Gasteiger partial charge on any atom is -0.496 e. The minimum atomic E-state index is -3.58. The lowest BCUT2D eigenvalue weighted by atomic mass is 10.1. The highest BCUT2D eigenvalue weighted by Gasteiger charge is 2.23. The summed E-state index contributed by atoms with van der Waals surface area (Å²) in [7, 11) is -2.05. The van der Waals surface area contributed by atoms with E-state index in [1.807, 2.05) is 6.07 Å². The summed E-state index contributed by atoms with van der Waals surface area (Å²) in [6.45, 7) is 1.55. The Morgan fingerprint density at radius 2 is 2.06 bits per heavy atom. The molecule has 0 saturated carbocycles. The fourth-order valence-electron chi connectivity index (χ4n) is 3.58. The molecule has 10 heteroatoms. The van der Waals surface area contributed by atoms with Crippen LogP contribution in [-0.2, 0) is 29.3 Å². The maximum Gasteiger partial charge on any atom is 0.256 e. The number of nitrogens with one attached hydrogen (secondary N) is 1. The lowest BCUT2D eigenvalue weighted by Crippen LogP contribution is -2.36. The summed E-state index contributed by atoms with van der Waals surface area (Å²) >= 11 is 0. The lowest BCUT2D eigenvalue weighted by molar-refractivity contribution is 0.240. The van der Waals surface area contributed by atoms with Crippen LogP contribution in [0.25, 0.3) is 11.3 Å². The number of hydrogen-bond donors (Lipinski definition) is 1. The summed E-state index contributed by atoms with van der Waals surface area (Å²) in [4.78, 5) is 25.4. The zero-order valence-corrected chi connectivity index (χ0v) is 17.9. The molecule has 3 aromatic rings. The van der Waals surface area contributed by atoms with Gasteiger partial charge in [-0.05, 0) is 29.8 Å². The van der Waals surface area contributed by atoms with E-state index in [4.69, 9.17) is 4.74 Å². The Balaban J connectivity index is 1.52. The molecule has 0 radical (unpaired) electrons. The second-order valence-electron chi connectivity index (χ2n) is 7.43. The SMILES string of the molecule is COc1ccc(F)cc1-c1ccc(CN2CCc3nc(S(C)(=O)=O)[nH]c(=O)c3C2)cn1. The fourth-order valence-corrected chi connectivity index (χ4v) is 4.14. The Hall–Kier alpha value is -3.11. The van der Waals surface area contributed by atoms with Crippen molar-refractivity contribution in [2.24, 2.45) is 0 Å². The fraction of sp³-hybridized carbons (Fsp3) is 0.286. The molecule has 0 atom stereocenters. The normalized spacial score (nSPS) is 14.3. The first-order chi connectivity index (χ1) is 14.7. The second-order valence-corrected chi connectivity index (χ2v) is 9.36. The summed E-state index contributed by atoms with van der Waals surface area (Å²) < 4.78 is 42.3. The molecule has 0 unspecified atom stereocenters. The van der Waals surface area contributed by atoms with Gasteiger partial charge in [0.15, 0.2) is 0 Å². The zero-order chi connectivity index (χ0) is 22.2. The first-order valence-corrected chi connectivity index (χ1v) is 11.5. The van der Waals surface area contributed by atoms with Crippen LogP contribution in [0, 0.1) is 5.82 Å². The highest BCUT2D eigenvalue weighted by Crippen LogP contribution is 2.29. The van der Waals surface area contributed by atoms with Crippen molar-refractivity contribution in [3.8, 4) is 17.0 Å². The van der Waals surface area contributed by atoms with Crippen LogP contribution in [0.2, 0.25) is 0 Å². The summed E-state index contributed by atoms with van der Waals surface area (Å²) in [5, 5.41) is -0.294. The number of rotatable bonds is 5. The van der Waals surface area contributed by atoms with Crippen molar-refractivity contribution in [1.82, 2.24) is 19.9 Å². The van der Waals surface area contributed by atoms with Crippen molar-refractivity contribution in [3.05, 3.63) is 69.5 Å². The third kappa shape index (κ3) is 4.49. The first kappa shape index (κ1) is 21.1. The molecule has 4 rings (SSSR count). The van der Waals surface area contributed by atoms with Crippen LogP contribution in [0.15, 0.2) is 46.5 Å². The van der Waals surface area contributed by atoms with Crippen molar-refractivity contribution >= 4 is 9.84 Å². The number of H-pyrrole nitrogens is 1. The van der Waals surface area contributed by atoms with E-state index < -0.39 is 15.4 Å². The van der Waals surface area contributed by atoms with Gasteiger partial charge < -0.3 is 4.74 Å². The van der Waals surface area contributed by atoms with Crippen molar-refractivity contribution in [2.45, 2.75) is 24.7 Å². The van der Waals surface area contributed by atoms with E-state index in [0.717, 1.165) is 11.8 Å². The number of methoxy groups -OCH3 is 1. The van der Waals surface area contributed by atoms with Gasteiger partial charge in [0.1, 0.15) is 11.6 Å². The van der Waals surface area contributed by atoms with Crippen LogP contribution in [0.4, 0.5) is 4.39 Å². The molecule has 0 aliphatic carbocycles. The second kappa shape index (κ2) is 8.20. The van der Waals surface area contributed by atoms with E-state index in [0.29, 0.717) is 54.3 Å². The highest BCUT2D eigenvalue weighted by atomic mass is 32.2. The van der Waals surface area contributed by atoms with Gasteiger partial charge in [0.2, 0.25) is 15.0 Å². The average molecular weight is 444 g/mol. The topological polar surface area (TPSA) is 105 Å². The van der Waals surface area contributed by atoms with Crippen LogP contribution < -0.4 is 10.3 Å². The third-order valence-electron chi connectivity index (χ3n) is 5.15. The molecule has 0 saturated heterocycles. The molecule has 0 fully saturated rings. The molecule has 1 aliphatic rings. The maximum absolute atomic E-state index is 13.6. The molecule has 0 bridgehead atoms. The first-order valence-electron chi connectivity index (χ1n) is 9.58. The predicted molar refractivity (Wildman–Crippen MR) is 112 cm³/mol. The molecule has 0 amide bonds. The van der Waals surface area contributed by atoms with Crippen LogP contribution in [0.3, 0.4) is 0 Å². The largest absolute Gasteiger partial charge is 0.496 e. The van der Waals surface area contributed by atoms with E-state index in [2.05, 4.69) is 19.9 Å². The number of aromatic nitrogens is 3. The maximum atomic E-state index is 13.6. The zero-order valence-electron chi connectivity index (χ0n) is 17.1. The van der Waals surface area contributed by atoms with Crippen LogP contribution >= 0.6 is 0 Å². The molecular weight excluding hydrogens is 423 g/mol. The summed E-state index contributed by atoms with van der Waals surface area (Å²) in [6, 6.07) is 7.98. The smallest absolute Gasteiger partial charge is 0.256 e. The summed E-state index contributed by atoms with van der Waals surface area (Å²) in [6.07, 6.45) is 3.21. The van der Waals surface area contributed by atoms with Crippen molar-refractivity contribution < 1.29 is 17.5 Å². The van der Waals surface area contributed by atoms with Gasteiger partial charge in [0, 0.05) is 44.1 Å². The molecular formula is C21H21FN4O4S. The quantitative estimate of drug-likeness (QED) is 0.600. The number of sulfone groups is 1. The molecule has 1 aliphatic heterocycles. The predicted octanol–water partition coefficient (Wildman–Crippen LogP) is 1.94. The number of aromatic amines is 1. The Kier molecular flexibility index (Phi) is 5.59. The lowest BCUT2D eigenvalue weighted by Gasteiger charge is -2.27. The molecule has 8 nitrogen and oxygen atoms in total. The van der Waals surface area contributed by atoms with Gasteiger partial charge in [-0.25, -0.2) is 17.8 Å². The highest BCUT2D eigenvalue weighted by molar-refractivity contribution is 7.90. The molecule has 0 spiro atoms. The van der Waals surface area contributed by atoms with Crippen molar-refractivity contribution in [1.29, 1.82) is 0 Å². The van der Waals surface area contributed by atoms with E-state index in [9.17, 15) is 17.6 Å². The number of hydrogen-bond acceptors (Lipinski definition) is 7. The van der Waals surface area contributed by atoms with Crippen LogP contribution in [0.1, 0.15) is 16.8 Å². The Bertz CT molecular complexity index is 1290. The standard InChI is InChI=1S/C21H21FN4O4S/c1-30-19-6-4-14(22)9-15(19)17-5-3-13(10-23-17)11-26-8-7-18-16(12-26)20(27)25-21(24-18)31(2,28)29/h3-6,9-10H,7-8,11-12H2,1-2H3,(H,24,25,27). The van der Waals surface area contributed by atoms with Gasteiger partial charge in [0.25, 0.3) is 5.56 Å². The molecule has 162 valence electrons. The number of benzene rings is 1. The van der Waals surface area contributed by atoms with Gasteiger partial charge in [-0.15, -0.1) is 0 Å². The van der Waals surface area contributed by atoms with E-state index in [-0.39, 0.29) is 11.0 Å². The summed E-state index contributed by atoms with van der Waals surface area (Å²) in [5.41, 5.74) is 2.67. The number of fused-ring (bicyclic) bond motifs is 1. The van der Waals surface area contributed by atoms with Gasteiger partial charge >= 0.3 is 0 Å². The number of ether oxygens (including phenoxy) is 1. The van der Waals surface area contributed by atoms with E-state index in [1.54, 1.807) is 18.3 Å². The van der Waals surface area contributed by atoms with Crippen molar-refractivity contribution in [3.63, 3.8) is 0 Å². The summed E-state index contributed by atoms with van der Waals surface area (Å²) in [5.74, 6) is 0.168. The van der Waals surface area contributed by atoms with E-state index >= 15 is 0 Å². The van der Waals surface area contributed by atoms with E-state index in [1.165, 1.54) is 19.2 Å². The Morgan fingerprint density at radius 3 is 2.74 bits per heavy atom. The van der Waals surface area contributed by atoms with Crippen LogP contribution in [0.5, 0.6) is 5.75 Å². The van der Waals surface area contributed by atoms with Crippen molar-refractivity contribution in [2.75, 3.05) is 19.9 Å². The van der Waals surface area contributed by atoms with Gasteiger partial charge in [-0.3, -0.25) is 19.7 Å². The third-order valence-corrected chi connectivity index (χ3v) is 6.04. The minimum absolute atomic E-state index is 0.294. The molecule has 1 aromatic carbocycles. The van der Waals surface area contributed by atoms with Gasteiger partial charge in [-0.1, -0.05) is 6.07 Å². The molecule has 1 N–H and O–H groups in total. The molecule has 31 heavy (non-hydrogen) atoms. The monoisotopic (exact) mass is 444 g/mol. The Labute approximate surface area is 178 Å². The number of pyridine rings is 1. The molecule has 2 aromatic heterocycles. The van der Waals surface area contributed by atoms with Crippen LogP contribution in [-0.4, -0.2) is 48.2 Å². The Morgan fingerprint density at radius 1 is 1.26 bits per heavy atom. The number of halogens is 1.